The molecule has 4 nitrogen and oxygen atoms in total. The van der Waals surface area contributed by atoms with Crippen LogP contribution in [0, 0.1) is 6.92 Å². The van der Waals surface area contributed by atoms with E-state index >= 15 is 0 Å². The molecule has 0 radical (unpaired) electrons. The maximum Gasteiger partial charge on any atom is 0.289 e. The van der Waals surface area contributed by atoms with Gasteiger partial charge >= 0.3 is 0 Å². The zero-order valence-electron chi connectivity index (χ0n) is 14.4. The van der Waals surface area contributed by atoms with Crippen LogP contribution in [0.25, 0.3) is 0 Å². The lowest BCUT2D eigenvalue weighted by Crippen LogP contribution is -2.36. The fourth-order valence-corrected chi connectivity index (χ4v) is 3.53. The zero-order chi connectivity index (χ0) is 17.1. The Morgan fingerprint density at radius 1 is 1.38 bits per heavy atom. The van der Waals surface area contributed by atoms with Crippen molar-refractivity contribution in [3.8, 4) is 0 Å². The van der Waals surface area contributed by atoms with Gasteiger partial charge in [0.1, 0.15) is 5.76 Å². The topological polar surface area (TPSA) is 53.7 Å². The number of hydrogen-bond donors (Lipinski definition) is 1. The van der Waals surface area contributed by atoms with E-state index in [0.717, 1.165) is 42.7 Å². The number of aliphatic hydroxyl groups is 1. The summed E-state index contributed by atoms with van der Waals surface area (Å²) in [6, 6.07) is 11.5. The summed E-state index contributed by atoms with van der Waals surface area (Å²) in [6.45, 7) is 4.72. The zero-order valence-corrected chi connectivity index (χ0v) is 14.4. The number of amides is 1. The Labute approximate surface area is 143 Å². The number of hydrogen-bond acceptors (Lipinski definition) is 3. The molecule has 1 fully saturated rings. The summed E-state index contributed by atoms with van der Waals surface area (Å²) < 4.78 is 5.72. The van der Waals surface area contributed by atoms with Gasteiger partial charge in [0, 0.05) is 19.0 Å². The minimum absolute atomic E-state index is 0.0550. The molecular weight excluding hydrogens is 302 g/mol. The third-order valence-electron chi connectivity index (χ3n) is 4.87. The normalized spacial score (nSPS) is 18.8. The smallest absolute Gasteiger partial charge is 0.289 e. The lowest BCUT2D eigenvalue weighted by Gasteiger charge is -2.26. The van der Waals surface area contributed by atoms with Crippen LogP contribution in [0.1, 0.15) is 59.7 Å². The number of aryl methyl sites for hydroxylation is 2. The molecular formula is C20H25NO3. The monoisotopic (exact) mass is 327 g/mol. The molecule has 0 spiro atoms. The molecule has 1 amide bonds. The summed E-state index contributed by atoms with van der Waals surface area (Å²) in [5.74, 6) is 1.24. The van der Waals surface area contributed by atoms with Gasteiger partial charge in [-0.15, -0.1) is 0 Å². The Bertz CT molecular complexity index is 692. The first-order chi connectivity index (χ1) is 11.6. The Hall–Kier alpha value is -2.07. The molecule has 24 heavy (non-hydrogen) atoms. The van der Waals surface area contributed by atoms with Crippen molar-refractivity contribution in [1.29, 1.82) is 0 Å². The van der Waals surface area contributed by atoms with Crippen LogP contribution in [0.15, 0.2) is 40.8 Å². The number of aliphatic hydroxyl groups excluding tert-OH is 1. The van der Waals surface area contributed by atoms with Gasteiger partial charge in [0.2, 0.25) is 0 Å². The summed E-state index contributed by atoms with van der Waals surface area (Å²) in [4.78, 5) is 14.7. The van der Waals surface area contributed by atoms with E-state index in [1.807, 2.05) is 55.1 Å². The number of benzene rings is 1. The fraction of sp³-hybridized carbons (Fsp3) is 0.450. The molecule has 4 heteroatoms. The third kappa shape index (κ3) is 3.39. The lowest BCUT2D eigenvalue weighted by molar-refractivity contribution is 0.0635. The molecule has 2 unspecified atom stereocenters. The first-order valence-corrected chi connectivity index (χ1v) is 8.73. The molecule has 1 N–H and O–H groups in total. The molecule has 2 aromatic rings. The molecule has 3 rings (SSSR count). The minimum Gasteiger partial charge on any atom is -0.456 e. The van der Waals surface area contributed by atoms with Gasteiger partial charge in [-0.05, 0) is 43.4 Å². The van der Waals surface area contributed by atoms with E-state index < -0.39 is 6.10 Å². The molecule has 1 aromatic carbocycles. The third-order valence-corrected chi connectivity index (χ3v) is 4.87. The molecule has 1 aliphatic heterocycles. The van der Waals surface area contributed by atoms with E-state index in [2.05, 4.69) is 0 Å². The molecule has 0 saturated carbocycles. The van der Waals surface area contributed by atoms with Gasteiger partial charge in [-0.3, -0.25) is 4.79 Å². The van der Waals surface area contributed by atoms with Crippen LogP contribution in [-0.2, 0) is 6.42 Å². The molecule has 2 heterocycles. The number of rotatable bonds is 5. The van der Waals surface area contributed by atoms with Crippen LogP contribution < -0.4 is 0 Å². The van der Waals surface area contributed by atoms with Crippen molar-refractivity contribution in [2.75, 3.05) is 6.54 Å². The first-order valence-electron chi connectivity index (χ1n) is 8.73. The van der Waals surface area contributed by atoms with Crippen molar-refractivity contribution < 1.29 is 14.3 Å². The van der Waals surface area contributed by atoms with Crippen molar-refractivity contribution in [2.24, 2.45) is 0 Å². The lowest BCUT2D eigenvalue weighted by atomic mass is 10.0. The van der Waals surface area contributed by atoms with Gasteiger partial charge in [0.05, 0.1) is 6.10 Å². The average molecular weight is 327 g/mol. The highest BCUT2D eigenvalue weighted by Crippen LogP contribution is 2.29. The predicted octanol–water partition coefficient (Wildman–Crippen LogP) is 3.88. The number of nitrogens with zero attached hydrogens (tertiary/aromatic N) is 1. The second-order valence-corrected chi connectivity index (χ2v) is 6.53. The fourth-order valence-electron chi connectivity index (χ4n) is 3.53. The molecule has 128 valence electrons. The molecule has 0 bridgehead atoms. The summed E-state index contributed by atoms with van der Waals surface area (Å²) in [7, 11) is 0. The van der Waals surface area contributed by atoms with E-state index in [-0.39, 0.29) is 11.9 Å². The highest BCUT2D eigenvalue weighted by Gasteiger charge is 2.32. The van der Waals surface area contributed by atoms with E-state index in [9.17, 15) is 9.90 Å². The number of carbonyl (C=O) groups is 1. The Balaban J connectivity index is 1.71. The second kappa shape index (κ2) is 7.22. The number of furan rings is 1. The Morgan fingerprint density at radius 3 is 2.79 bits per heavy atom. The van der Waals surface area contributed by atoms with Crippen LogP contribution in [-0.4, -0.2) is 28.5 Å². The van der Waals surface area contributed by atoms with Gasteiger partial charge < -0.3 is 14.4 Å². The Kier molecular flexibility index (Phi) is 5.05. The van der Waals surface area contributed by atoms with Gasteiger partial charge in [0.15, 0.2) is 5.76 Å². The van der Waals surface area contributed by atoms with Crippen LogP contribution >= 0.6 is 0 Å². The van der Waals surface area contributed by atoms with Crippen molar-refractivity contribution in [1.82, 2.24) is 4.90 Å². The van der Waals surface area contributed by atoms with E-state index in [1.54, 1.807) is 0 Å². The summed E-state index contributed by atoms with van der Waals surface area (Å²) >= 11 is 0. The average Bonchev–Trinajstić information content (AvgIpc) is 3.21. The molecule has 1 saturated heterocycles. The molecule has 1 aromatic heterocycles. The number of likely N-dealkylation sites (tertiary alicyclic amines) is 1. The van der Waals surface area contributed by atoms with Crippen molar-refractivity contribution in [3.63, 3.8) is 0 Å². The standard InChI is InChI=1S/C20H25NO3/c1-3-18-14(2)12-19(24-18)20(23)21-11-7-10-16(21)13-17(22)15-8-5-4-6-9-15/h4-6,8-9,12,16-17,22H,3,7,10-11,13H2,1-2H3. The van der Waals surface area contributed by atoms with Crippen LogP contribution in [0.3, 0.4) is 0 Å². The summed E-state index contributed by atoms with van der Waals surface area (Å²) in [5.41, 5.74) is 1.93. The summed E-state index contributed by atoms with van der Waals surface area (Å²) in [5, 5.41) is 10.5. The largest absolute Gasteiger partial charge is 0.456 e. The molecule has 0 aliphatic carbocycles. The van der Waals surface area contributed by atoms with Gasteiger partial charge in [-0.25, -0.2) is 0 Å². The van der Waals surface area contributed by atoms with Gasteiger partial charge in [0.25, 0.3) is 5.91 Å². The molecule has 1 aliphatic rings. The van der Waals surface area contributed by atoms with Crippen molar-refractivity contribution >= 4 is 5.91 Å². The van der Waals surface area contributed by atoms with Crippen molar-refractivity contribution in [2.45, 2.75) is 51.7 Å². The summed E-state index contributed by atoms with van der Waals surface area (Å²) in [6.07, 6.45) is 2.70. The van der Waals surface area contributed by atoms with E-state index in [4.69, 9.17) is 4.42 Å². The maximum atomic E-state index is 12.8. The highest BCUT2D eigenvalue weighted by molar-refractivity contribution is 5.92. The highest BCUT2D eigenvalue weighted by atomic mass is 16.4. The maximum absolute atomic E-state index is 12.8. The van der Waals surface area contributed by atoms with Crippen molar-refractivity contribution in [3.05, 3.63) is 59.0 Å². The SMILES string of the molecule is CCc1oc(C(=O)N2CCCC2CC(O)c2ccccc2)cc1C. The molecule has 2 atom stereocenters. The predicted molar refractivity (Wildman–Crippen MR) is 92.9 cm³/mol. The van der Waals surface area contributed by atoms with Gasteiger partial charge in [-0.2, -0.15) is 0 Å². The van der Waals surface area contributed by atoms with E-state index in [1.165, 1.54) is 0 Å². The van der Waals surface area contributed by atoms with Crippen LogP contribution in [0.2, 0.25) is 0 Å². The van der Waals surface area contributed by atoms with Gasteiger partial charge in [-0.1, -0.05) is 37.3 Å². The number of carbonyl (C=O) groups excluding carboxylic acids is 1. The Morgan fingerprint density at radius 2 is 2.12 bits per heavy atom. The quantitative estimate of drug-likeness (QED) is 0.907. The van der Waals surface area contributed by atoms with Crippen LogP contribution in [0.4, 0.5) is 0 Å². The van der Waals surface area contributed by atoms with Crippen LogP contribution in [0.5, 0.6) is 0 Å². The minimum atomic E-state index is -0.547. The van der Waals surface area contributed by atoms with E-state index in [0.29, 0.717) is 12.2 Å². The first kappa shape index (κ1) is 16.8. The second-order valence-electron chi connectivity index (χ2n) is 6.53.